The van der Waals surface area contributed by atoms with E-state index in [4.69, 9.17) is 17.4 Å². The van der Waals surface area contributed by atoms with E-state index >= 15 is 0 Å². The minimum Gasteiger partial charge on any atom is -0.271 e. The Labute approximate surface area is 135 Å². The highest BCUT2D eigenvalue weighted by Gasteiger charge is 2.15. The zero-order chi connectivity index (χ0) is 15.4. The molecule has 3 N–H and O–H groups in total. The number of hydrogen-bond acceptors (Lipinski definition) is 2. The predicted octanol–water partition coefficient (Wildman–Crippen LogP) is 4.00. The Morgan fingerprint density at radius 1 is 1.14 bits per heavy atom. The van der Waals surface area contributed by atoms with Gasteiger partial charge in [0.05, 0.1) is 4.47 Å². The maximum absolute atomic E-state index is 13.8. The first-order chi connectivity index (χ1) is 10.0. The molecule has 0 bridgehead atoms. The van der Waals surface area contributed by atoms with Gasteiger partial charge in [0.2, 0.25) is 0 Å². The lowest BCUT2D eigenvalue weighted by atomic mass is 9.99. The summed E-state index contributed by atoms with van der Waals surface area (Å²) >= 11 is 9.15. The molecule has 0 saturated heterocycles. The maximum atomic E-state index is 13.8. The van der Waals surface area contributed by atoms with Crippen LogP contribution in [0.25, 0.3) is 0 Å². The van der Waals surface area contributed by atoms with Crippen molar-refractivity contribution in [2.75, 3.05) is 0 Å². The van der Waals surface area contributed by atoms with E-state index in [1.165, 1.54) is 12.1 Å². The SMILES string of the molecule is NNC(Cc1ccc(F)c(Br)c1)Cc1c(F)cccc1Cl. The molecule has 2 aromatic carbocycles. The fourth-order valence-corrected chi connectivity index (χ4v) is 2.78. The third-order valence-corrected chi connectivity index (χ3v) is 4.18. The van der Waals surface area contributed by atoms with Gasteiger partial charge in [-0.25, -0.2) is 8.78 Å². The normalized spacial score (nSPS) is 12.4. The van der Waals surface area contributed by atoms with Crippen molar-refractivity contribution in [3.63, 3.8) is 0 Å². The number of nitrogens with two attached hydrogens (primary N) is 1. The molecule has 2 nitrogen and oxygen atoms in total. The van der Waals surface area contributed by atoms with E-state index in [9.17, 15) is 8.78 Å². The number of nitrogens with one attached hydrogen (secondary N) is 1. The van der Waals surface area contributed by atoms with Crippen LogP contribution in [0.1, 0.15) is 11.1 Å². The Morgan fingerprint density at radius 2 is 1.90 bits per heavy atom. The van der Waals surface area contributed by atoms with Gasteiger partial charge in [-0.3, -0.25) is 11.3 Å². The molecule has 0 saturated carbocycles. The summed E-state index contributed by atoms with van der Waals surface area (Å²) in [5.41, 5.74) is 3.96. The van der Waals surface area contributed by atoms with Gasteiger partial charge in [0.25, 0.3) is 0 Å². The summed E-state index contributed by atoms with van der Waals surface area (Å²) in [6.45, 7) is 0. The standard InChI is InChI=1S/C15H14BrClF2N2/c16-12-7-9(4-5-15(12)19)6-10(21-20)8-11-13(17)2-1-3-14(11)18/h1-5,7,10,21H,6,8,20H2. The lowest BCUT2D eigenvalue weighted by molar-refractivity contribution is 0.506. The monoisotopic (exact) mass is 374 g/mol. The smallest absolute Gasteiger partial charge is 0.137 e. The summed E-state index contributed by atoms with van der Waals surface area (Å²) in [4.78, 5) is 0. The van der Waals surface area contributed by atoms with Gasteiger partial charge in [-0.2, -0.15) is 0 Å². The second kappa shape index (κ2) is 7.31. The third kappa shape index (κ3) is 4.23. The summed E-state index contributed by atoms with van der Waals surface area (Å²) in [5, 5.41) is 0.371. The van der Waals surface area contributed by atoms with E-state index in [0.717, 1.165) is 5.56 Å². The van der Waals surface area contributed by atoms with Crippen molar-refractivity contribution in [1.82, 2.24) is 5.43 Å². The van der Waals surface area contributed by atoms with Crippen molar-refractivity contribution in [2.24, 2.45) is 5.84 Å². The van der Waals surface area contributed by atoms with E-state index in [1.807, 2.05) is 0 Å². The largest absolute Gasteiger partial charge is 0.271 e. The molecule has 0 aliphatic rings. The Morgan fingerprint density at radius 3 is 2.52 bits per heavy atom. The summed E-state index contributed by atoms with van der Waals surface area (Å²) in [5.74, 6) is 4.85. The second-order valence-corrected chi connectivity index (χ2v) is 5.98. The molecule has 0 fully saturated rings. The zero-order valence-corrected chi connectivity index (χ0v) is 13.4. The molecule has 0 aromatic heterocycles. The van der Waals surface area contributed by atoms with Gasteiger partial charge in [-0.15, -0.1) is 0 Å². The van der Waals surface area contributed by atoms with Crippen LogP contribution in [0.5, 0.6) is 0 Å². The lowest BCUT2D eigenvalue weighted by Crippen LogP contribution is -2.38. The summed E-state index contributed by atoms with van der Waals surface area (Å²) < 4.78 is 27.4. The van der Waals surface area contributed by atoms with E-state index in [-0.39, 0.29) is 17.7 Å². The highest BCUT2D eigenvalue weighted by Crippen LogP contribution is 2.22. The number of halogens is 4. The molecule has 0 aliphatic heterocycles. The topological polar surface area (TPSA) is 38.0 Å². The van der Waals surface area contributed by atoms with Crippen LogP contribution in [0, 0.1) is 11.6 Å². The molecule has 2 rings (SSSR count). The van der Waals surface area contributed by atoms with Crippen LogP contribution in [-0.4, -0.2) is 6.04 Å². The molecule has 21 heavy (non-hydrogen) atoms. The van der Waals surface area contributed by atoms with E-state index in [2.05, 4.69) is 21.4 Å². The van der Waals surface area contributed by atoms with E-state index in [1.54, 1.807) is 24.3 Å². The highest BCUT2D eigenvalue weighted by atomic mass is 79.9. The van der Waals surface area contributed by atoms with Gasteiger partial charge in [0.15, 0.2) is 0 Å². The van der Waals surface area contributed by atoms with Crippen molar-refractivity contribution in [2.45, 2.75) is 18.9 Å². The average molecular weight is 376 g/mol. The number of hydrazine groups is 1. The van der Waals surface area contributed by atoms with Crippen molar-refractivity contribution >= 4 is 27.5 Å². The Bertz CT molecular complexity index is 617. The minimum absolute atomic E-state index is 0.211. The van der Waals surface area contributed by atoms with Crippen LogP contribution >= 0.6 is 27.5 Å². The quantitative estimate of drug-likeness (QED) is 0.612. The van der Waals surface area contributed by atoms with E-state index < -0.39 is 0 Å². The molecule has 112 valence electrons. The molecule has 0 aliphatic carbocycles. The van der Waals surface area contributed by atoms with Crippen LogP contribution in [-0.2, 0) is 12.8 Å². The Balaban J connectivity index is 2.15. The first-order valence-electron chi connectivity index (χ1n) is 6.34. The van der Waals surface area contributed by atoms with E-state index in [0.29, 0.717) is 27.9 Å². The van der Waals surface area contributed by atoms with Gasteiger partial charge in [0, 0.05) is 16.6 Å². The molecule has 0 amide bonds. The highest BCUT2D eigenvalue weighted by molar-refractivity contribution is 9.10. The predicted molar refractivity (Wildman–Crippen MR) is 84.0 cm³/mol. The van der Waals surface area contributed by atoms with Gasteiger partial charge in [-0.1, -0.05) is 23.7 Å². The minimum atomic E-state index is -0.358. The van der Waals surface area contributed by atoms with Crippen molar-refractivity contribution in [3.8, 4) is 0 Å². The summed E-state index contributed by atoms with van der Waals surface area (Å²) in [7, 11) is 0. The maximum Gasteiger partial charge on any atom is 0.137 e. The van der Waals surface area contributed by atoms with Crippen molar-refractivity contribution in [3.05, 3.63) is 68.7 Å². The molecular formula is C15H14BrClF2N2. The zero-order valence-electron chi connectivity index (χ0n) is 11.0. The molecule has 0 radical (unpaired) electrons. The molecule has 0 heterocycles. The number of rotatable bonds is 5. The number of benzene rings is 2. The summed E-state index contributed by atoms with van der Waals surface area (Å²) in [6, 6.07) is 9.09. The lowest BCUT2D eigenvalue weighted by Gasteiger charge is -2.17. The van der Waals surface area contributed by atoms with Crippen LogP contribution in [0.15, 0.2) is 40.9 Å². The third-order valence-electron chi connectivity index (χ3n) is 3.21. The second-order valence-electron chi connectivity index (χ2n) is 4.72. The van der Waals surface area contributed by atoms with Gasteiger partial charge < -0.3 is 0 Å². The van der Waals surface area contributed by atoms with Crippen LogP contribution in [0.2, 0.25) is 5.02 Å². The Kier molecular flexibility index (Phi) is 5.70. The fraction of sp³-hybridized carbons (Fsp3) is 0.200. The molecular weight excluding hydrogens is 362 g/mol. The Hall–Kier alpha value is -1.01. The van der Waals surface area contributed by atoms with Crippen LogP contribution in [0.4, 0.5) is 8.78 Å². The fourth-order valence-electron chi connectivity index (χ4n) is 2.11. The van der Waals surface area contributed by atoms with Gasteiger partial charge in [-0.05, 0) is 58.6 Å². The first-order valence-corrected chi connectivity index (χ1v) is 7.51. The van der Waals surface area contributed by atoms with Crippen LogP contribution in [0.3, 0.4) is 0 Å². The molecule has 1 atom stereocenters. The molecule has 1 unspecified atom stereocenters. The van der Waals surface area contributed by atoms with Crippen LogP contribution < -0.4 is 11.3 Å². The summed E-state index contributed by atoms with van der Waals surface area (Å²) in [6.07, 6.45) is 0.872. The van der Waals surface area contributed by atoms with Gasteiger partial charge in [0.1, 0.15) is 11.6 Å². The average Bonchev–Trinajstić information content (AvgIpc) is 2.45. The molecule has 6 heteroatoms. The van der Waals surface area contributed by atoms with Crippen molar-refractivity contribution in [1.29, 1.82) is 0 Å². The first kappa shape index (κ1) is 16.4. The molecule has 0 spiro atoms. The van der Waals surface area contributed by atoms with Crippen molar-refractivity contribution < 1.29 is 8.78 Å². The molecule has 2 aromatic rings. The number of hydrogen-bond donors (Lipinski definition) is 2. The van der Waals surface area contributed by atoms with Gasteiger partial charge >= 0.3 is 0 Å².